The number of likely N-dealkylation sites (tertiary alicyclic amines) is 2. The maximum absolute atomic E-state index is 15.2. The third-order valence-electron chi connectivity index (χ3n) is 18.7. The number of amides is 1. The predicted molar refractivity (Wildman–Crippen MR) is 333 cm³/mol. The highest BCUT2D eigenvalue weighted by molar-refractivity contribution is 5.99. The van der Waals surface area contributed by atoms with E-state index in [-0.39, 0.29) is 22.8 Å². The highest BCUT2D eigenvalue weighted by Gasteiger charge is 2.33. The summed E-state index contributed by atoms with van der Waals surface area (Å²) in [4.78, 5) is 80.4. The van der Waals surface area contributed by atoms with E-state index in [0.717, 1.165) is 134 Å². The second-order valence-electron chi connectivity index (χ2n) is 24.8. The monoisotopic (exact) mass is 1200 g/mol. The zero-order chi connectivity index (χ0) is 61.5. The van der Waals surface area contributed by atoms with E-state index >= 15 is 17.6 Å². The van der Waals surface area contributed by atoms with Crippen LogP contribution in [0.3, 0.4) is 0 Å². The van der Waals surface area contributed by atoms with Crippen LogP contribution in [-0.2, 0) is 0 Å². The first-order chi connectivity index (χ1) is 42.5. The Bertz CT molecular complexity index is 4040. The third-order valence-corrected chi connectivity index (χ3v) is 18.7. The fraction of sp³-hybridized carbons (Fsp3) is 0.412. The average Bonchev–Trinajstić information content (AvgIpc) is 1.04. The molecule has 5 fully saturated rings. The number of pyridine rings is 2. The Morgan fingerprint density at radius 1 is 0.511 bits per heavy atom. The highest BCUT2D eigenvalue weighted by Crippen LogP contribution is 2.37. The number of carboxylic acid groups (broad SMARTS) is 1. The molecule has 0 spiro atoms. The molecule has 88 heavy (non-hydrogen) atoms. The molecule has 4 aromatic heterocycles. The second-order valence-corrected chi connectivity index (χ2v) is 24.8. The van der Waals surface area contributed by atoms with Crippen molar-refractivity contribution in [2.24, 2.45) is 17.8 Å². The number of piperidine rings is 4. The molecule has 5 aliphatic rings. The highest BCUT2D eigenvalue weighted by atomic mass is 19.1. The summed E-state index contributed by atoms with van der Waals surface area (Å²) in [5, 5.41) is 13.6. The van der Waals surface area contributed by atoms with Crippen molar-refractivity contribution in [3.8, 4) is 33.9 Å². The number of nitrogens with one attached hydrogen (secondary N) is 1. The zero-order valence-corrected chi connectivity index (χ0v) is 50.1. The number of carbonyl (C=O) groups is 2. The number of benzene rings is 4. The molecule has 458 valence electrons. The predicted octanol–water partition coefficient (Wildman–Crippen LogP) is 11.3. The molecular formula is C68H73F4N11O5. The average molecular weight is 1200 g/mol. The van der Waals surface area contributed by atoms with Crippen LogP contribution in [0.5, 0.6) is 0 Å². The molecule has 1 amide bonds. The van der Waals surface area contributed by atoms with Gasteiger partial charge in [0.25, 0.3) is 17.0 Å². The largest absolute Gasteiger partial charge is 0.478 e. The van der Waals surface area contributed by atoms with Gasteiger partial charge in [-0.1, -0.05) is 38.1 Å². The van der Waals surface area contributed by atoms with Gasteiger partial charge >= 0.3 is 5.97 Å². The first-order valence-electron chi connectivity index (χ1n) is 31.0. The van der Waals surface area contributed by atoms with Crippen LogP contribution >= 0.6 is 0 Å². The van der Waals surface area contributed by atoms with E-state index in [1.54, 1.807) is 18.2 Å². The van der Waals surface area contributed by atoms with Crippen molar-refractivity contribution in [1.82, 2.24) is 44.2 Å². The van der Waals surface area contributed by atoms with Crippen molar-refractivity contribution in [3.63, 3.8) is 0 Å². The lowest BCUT2D eigenvalue weighted by Crippen LogP contribution is -2.48. The van der Waals surface area contributed by atoms with Crippen LogP contribution in [0.25, 0.3) is 56.0 Å². The lowest BCUT2D eigenvalue weighted by atomic mass is 9.95. The molecule has 0 radical (unpaired) electrons. The SMILES string of the molecule is Cc1ccc(C(=O)NCC2CC2)cc1-c1nc(N2CCC(N3CCC(C)CC3)CC2)nc2c1ccc(=O)n2-c1c(F)cccc1F.Cc1ccc(C(=O)O)cc1-c1nc(N2CCC(N3CCC(C)CC3)CC2)nc2c1ccc(=O)n2-c1c(F)cccc1F. The van der Waals surface area contributed by atoms with Gasteiger partial charge < -0.3 is 30.0 Å². The van der Waals surface area contributed by atoms with E-state index in [1.807, 2.05) is 30.9 Å². The van der Waals surface area contributed by atoms with Crippen molar-refractivity contribution in [2.75, 3.05) is 68.7 Å². The molecule has 0 unspecified atom stereocenters. The zero-order valence-electron chi connectivity index (χ0n) is 50.1. The topological polar surface area (TPSA) is 175 Å². The molecule has 13 rings (SSSR count). The van der Waals surface area contributed by atoms with Gasteiger partial charge in [0.1, 0.15) is 34.6 Å². The van der Waals surface area contributed by atoms with Gasteiger partial charge in [-0.15, -0.1) is 0 Å². The summed E-state index contributed by atoms with van der Waals surface area (Å²) in [6.07, 6.45) is 10.9. The number of hydrogen-bond donors (Lipinski definition) is 2. The third kappa shape index (κ3) is 12.4. The summed E-state index contributed by atoms with van der Waals surface area (Å²) in [5.74, 6) is -1.97. The van der Waals surface area contributed by atoms with Crippen LogP contribution in [0.15, 0.2) is 107 Å². The van der Waals surface area contributed by atoms with Crippen molar-refractivity contribution >= 4 is 45.8 Å². The Labute approximate surface area is 507 Å². The van der Waals surface area contributed by atoms with Gasteiger partial charge in [0.05, 0.1) is 17.0 Å². The minimum absolute atomic E-state index is 0.0544. The molecule has 0 atom stereocenters. The number of halogens is 4. The molecule has 4 aliphatic heterocycles. The minimum Gasteiger partial charge on any atom is -0.478 e. The molecule has 20 heteroatoms. The summed E-state index contributed by atoms with van der Waals surface area (Å²) >= 11 is 0. The Morgan fingerprint density at radius 2 is 0.909 bits per heavy atom. The summed E-state index contributed by atoms with van der Waals surface area (Å²) in [6, 6.07) is 23.8. The Kier molecular flexibility index (Phi) is 17.3. The van der Waals surface area contributed by atoms with Crippen LogP contribution in [0.1, 0.15) is 110 Å². The van der Waals surface area contributed by atoms with Gasteiger partial charge in [0.15, 0.2) is 11.3 Å². The van der Waals surface area contributed by atoms with E-state index < -0.39 is 51.7 Å². The maximum Gasteiger partial charge on any atom is 0.335 e. The number of para-hydroxylation sites is 2. The van der Waals surface area contributed by atoms with Crippen LogP contribution in [0.4, 0.5) is 29.5 Å². The summed E-state index contributed by atoms with van der Waals surface area (Å²) < 4.78 is 62.5. The molecule has 8 heterocycles. The minimum atomic E-state index is -1.09. The molecule has 0 bridgehead atoms. The number of fused-ring (bicyclic) bond motifs is 2. The van der Waals surface area contributed by atoms with E-state index in [1.165, 1.54) is 68.1 Å². The number of anilines is 2. The van der Waals surface area contributed by atoms with Gasteiger partial charge in [-0.2, -0.15) is 9.97 Å². The van der Waals surface area contributed by atoms with Gasteiger partial charge in [-0.05, 0) is 194 Å². The van der Waals surface area contributed by atoms with Crippen LogP contribution < -0.4 is 26.2 Å². The van der Waals surface area contributed by atoms with Crippen LogP contribution in [0, 0.1) is 54.9 Å². The molecule has 1 saturated carbocycles. The van der Waals surface area contributed by atoms with Crippen molar-refractivity contribution in [2.45, 2.75) is 104 Å². The fourth-order valence-electron chi connectivity index (χ4n) is 13.1. The maximum atomic E-state index is 15.2. The normalized spacial score (nSPS) is 17.8. The number of carbonyl (C=O) groups excluding carboxylic acids is 1. The van der Waals surface area contributed by atoms with Gasteiger partial charge in [0, 0.05) is 84.4 Å². The van der Waals surface area contributed by atoms with Crippen LogP contribution in [0.2, 0.25) is 0 Å². The lowest BCUT2D eigenvalue weighted by Gasteiger charge is -2.41. The van der Waals surface area contributed by atoms with Crippen LogP contribution in [-0.4, -0.2) is 127 Å². The smallest absolute Gasteiger partial charge is 0.335 e. The Balaban J connectivity index is 0.000000172. The summed E-state index contributed by atoms with van der Waals surface area (Å²) in [7, 11) is 0. The number of carboxylic acids is 1. The summed E-state index contributed by atoms with van der Waals surface area (Å²) in [5.41, 5.74) is 2.29. The number of aromatic nitrogens is 6. The van der Waals surface area contributed by atoms with Gasteiger partial charge in [-0.25, -0.2) is 32.3 Å². The van der Waals surface area contributed by atoms with Gasteiger partial charge in [0.2, 0.25) is 11.9 Å². The number of rotatable bonds is 12. The summed E-state index contributed by atoms with van der Waals surface area (Å²) in [6.45, 7) is 16.3. The van der Waals surface area contributed by atoms with E-state index in [2.05, 4.69) is 33.9 Å². The van der Waals surface area contributed by atoms with Crippen molar-refractivity contribution in [3.05, 3.63) is 163 Å². The molecule has 4 aromatic carbocycles. The molecule has 2 N–H and O–H groups in total. The molecule has 4 saturated heterocycles. The number of aryl methyl sites for hydroxylation is 2. The second kappa shape index (κ2) is 25.4. The Hall–Kier alpha value is -8.36. The first-order valence-corrected chi connectivity index (χ1v) is 31.0. The number of hydrogen-bond acceptors (Lipinski definition) is 12. The van der Waals surface area contributed by atoms with Gasteiger partial charge in [-0.3, -0.25) is 23.5 Å². The fourth-order valence-corrected chi connectivity index (χ4v) is 13.1. The molecule has 16 nitrogen and oxygen atoms in total. The molecule has 8 aromatic rings. The van der Waals surface area contributed by atoms with E-state index in [0.29, 0.717) is 88.4 Å². The van der Waals surface area contributed by atoms with Crippen molar-refractivity contribution < 1.29 is 32.3 Å². The molecular weight excluding hydrogens is 1130 g/mol. The lowest BCUT2D eigenvalue weighted by molar-refractivity contribution is 0.0696. The van der Waals surface area contributed by atoms with E-state index in [4.69, 9.17) is 19.9 Å². The number of nitrogens with zero attached hydrogens (tertiary/aromatic N) is 10. The van der Waals surface area contributed by atoms with Crippen molar-refractivity contribution in [1.29, 1.82) is 0 Å². The number of aromatic carboxylic acids is 1. The standard InChI is InChI=1S/C36H40F2N6O2.C32H33F2N5O3/c1-22-12-16-42(17-13-22)26-14-18-43(19-15-26)36-40-32(28-20-25(9-6-23(28)2)35(46)39-21-24-7-8-24)27-10-11-31(45)44(34(27)41-36)33-29(37)4-3-5-30(33)38;1-19-10-14-37(15-11-19)22-12-16-38(17-13-22)32-35-28(24-18-21(31(41)42)7-6-20(24)2)23-8-9-27(40)39(30(23)36-32)29-25(33)4-3-5-26(29)34/h3-6,9-11,20,22,24,26H,7-8,12-19,21H2,1-2H3,(H,39,46);3-9,18-19,22H,10-17H2,1-2H3,(H,41,42). The quantitative estimate of drug-likeness (QED) is 0.111. The first kappa shape index (κ1) is 59.9. The Morgan fingerprint density at radius 3 is 1.31 bits per heavy atom. The van der Waals surface area contributed by atoms with E-state index in [9.17, 15) is 24.3 Å². The molecule has 1 aliphatic carbocycles.